The Morgan fingerprint density at radius 2 is 1.41 bits per heavy atom. The summed E-state index contributed by atoms with van der Waals surface area (Å²) in [6.45, 7) is 8.26. The van der Waals surface area contributed by atoms with Gasteiger partial charge in [-0.15, -0.1) is 5.06 Å². The molecule has 20 heteroatoms. The molecule has 1 fully saturated rings. The SMILES string of the molecule is COCCOCCOCCN(CC(C)(C)SCCCC(=O)ON1C(=O)CCC1O)c1cc(COc2cc3c(cc2OC)C(=O)N2c4ccccc4C[C@H]2C=N3)cc(COc2cc3c(cc2OC)C(=O)N2c4ccccc4C[C@H]2CN3)c1. The van der Waals surface area contributed by atoms with Crippen LogP contribution in [0.2, 0.25) is 0 Å². The molecule has 0 saturated carbocycles. The quantitative estimate of drug-likeness (QED) is 0.0501. The highest BCUT2D eigenvalue weighted by molar-refractivity contribution is 8.00. The second-order valence-corrected chi connectivity index (χ2v) is 22.9. The number of thioether (sulfide) groups is 1. The number of amides is 3. The zero-order valence-corrected chi connectivity index (χ0v) is 47.3. The van der Waals surface area contributed by atoms with Gasteiger partial charge in [-0.1, -0.05) is 36.4 Å². The van der Waals surface area contributed by atoms with Gasteiger partial charge in [0.1, 0.15) is 13.2 Å². The molecule has 0 bridgehead atoms. The van der Waals surface area contributed by atoms with E-state index in [1.165, 1.54) is 0 Å². The summed E-state index contributed by atoms with van der Waals surface area (Å²) < 4.78 is 41.7. The summed E-state index contributed by atoms with van der Waals surface area (Å²) in [6, 6.07) is 28.9. The minimum Gasteiger partial charge on any atom is -0.493 e. The normalized spacial score (nSPS) is 17.8. The summed E-state index contributed by atoms with van der Waals surface area (Å²) in [6.07, 6.45) is 3.05. The van der Waals surface area contributed by atoms with Crippen molar-refractivity contribution in [2.75, 3.05) is 99.8 Å². The number of carbonyl (C=O) groups excluding carboxylic acids is 4. The van der Waals surface area contributed by atoms with Gasteiger partial charge in [-0.05, 0) is 97.2 Å². The van der Waals surface area contributed by atoms with Crippen molar-refractivity contribution < 1.29 is 62.3 Å². The summed E-state index contributed by atoms with van der Waals surface area (Å²) in [5, 5.41) is 14.4. The van der Waals surface area contributed by atoms with Crippen LogP contribution < -0.4 is 39.0 Å². The molecule has 5 aliphatic rings. The third-order valence-corrected chi connectivity index (χ3v) is 16.3. The Bertz CT molecular complexity index is 3160. The number of fused-ring (bicyclic) bond motifs is 8. The van der Waals surface area contributed by atoms with Crippen molar-refractivity contribution in [1.29, 1.82) is 0 Å². The fourth-order valence-electron chi connectivity index (χ4n) is 10.9. The second kappa shape index (κ2) is 25.6. The molecule has 0 radical (unpaired) electrons. The van der Waals surface area contributed by atoms with Crippen LogP contribution in [0.25, 0.3) is 0 Å². The summed E-state index contributed by atoms with van der Waals surface area (Å²) in [5.41, 5.74) is 8.56. The monoisotopic (exact) mass is 1130 g/mol. The number of aliphatic imine (C=N–C) groups is 1. The minimum absolute atomic E-state index is 0.0452. The first-order chi connectivity index (χ1) is 39.3. The van der Waals surface area contributed by atoms with E-state index >= 15 is 0 Å². The summed E-state index contributed by atoms with van der Waals surface area (Å²) in [7, 11) is 4.74. The maximum atomic E-state index is 14.3. The first-order valence-electron chi connectivity index (χ1n) is 27.5. The fourth-order valence-corrected chi connectivity index (χ4v) is 12.0. The molecule has 2 N–H and O–H groups in total. The number of anilines is 4. The molecule has 0 spiro atoms. The number of hydrogen-bond acceptors (Lipinski definition) is 17. The molecule has 5 aliphatic heterocycles. The Labute approximate surface area is 476 Å². The average Bonchev–Trinajstić information content (AvgIpc) is 4.22. The Morgan fingerprint density at radius 1 is 0.765 bits per heavy atom. The molecule has 5 heterocycles. The molecule has 10 rings (SSSR count). The van der Waals surface area contributed by atoms with Gasteiger partial charge in [0.2, 0.25) is 0 Å². The summed E-state index contributed by atoms with van der Waals surface area (Å²) in [5.74, 6) is 1.03. The van der Waals surface area contributed by atoms with Crippen LogP contribution in [0.3, 0.4) is 0 Å². The molecular weight excluding hydrogens is 1060 g/mol. The van der Waals surface area contributed by atoms with Gasteiger partial charge in [0, 0.05) is 92.6 Å². The summed E-state index contributed by atoms with van der Waals surface area (Å²) in [4.78, 5) is 69.4. The van der Waals surface area contributed by atoms with Gasteiger partial charge in [-0.3, -0.25) is 24.3 Å². The zero-order chi connectivity index (χ0) is 56.6. The second-order valence-electron chi connectivity index (χ2n) is 21.1. The van der Waals surface area contributed by atoms with Crippen LogP contribution in [-0.4, -0.2) is 143 Å². The van der Waals surface area contributed by atoms with E-state index < -0.39 is 18.1 Å². The number of para-hydroxylation sites is 2. The standard InChI is InChI=1S/C61H70N6O13S/c1-61(2,81-24-10-15-58(70)80-67-56(68)16-17-57(67)69)38-64(18-19-76-22-23-77-21-20-73-3)43-26-39(36-78-54-32-48-46(30-52(54)74-4)59(71)65-44(34-62-48)28-41-11-6-8-13-50(41)65)25-40(27-43)37-79-55-33-49-47(31-53(55)75-5)60(72)66-45(35-63-49)29-42-12-7-9-14-51(42)66/h6-9,11-14,25-27,30-34,44-45,56,63,68H,10,15-24,28-29,35-38H2,1-5H3/t44-,45-,56?/m0/s1. The third kappa shape index (κ3) is 13.1. The third-order valence-electron chi connectivity index (χ3n) is 14.9. The highest BCUT2D eigenvalue weighted by Crippen LogP contribution is 2.43. The lowest BCUT2D eigenvalue weighted by Gasteiger charge is -2.34. The largest absolute Gasteiger partial charge is 0.493 e. The van der Waals surface area contributed by atoms with Crippen molar-refractivity contribution in [3.05, 3.63) is 124 Å². The molecule has 0 aliphatic carbocycles. The predicted octanol–water partition coefficient (Wildman–Crippen LogP) is 8.32. The van der Waals surface area contributed by atoms with E-state index in [9.17, 15) is 24.3 Å². The molecule has 5 aromatic rings. The Morgan fingerprint density at radius 3 is 2.10 bits per heavy atom. The predicted molar refractivity (Wildman–Crippen MR) is 309 cm³/mol. The molecule has 19 nitrogen and oxygen atoms in total. The lowest BCUT2D eigenvalue weighted by atomic mass is 10.1. The van der Waals surface area contributed by atoms with E-state index in [4.69, 9.17) is 43.0 Å². The summed E-state index contributed by atoms with van der Waals surface area (Å²) >= 11 is 1.70. The van der Waals surface area contributed by atoms with Crippen molar-refractivity contribution in [3.63, 3.8) is 0 Å². The first kappa shape index (κ1) is 56.9. The van der Waals surface area contributed by atoms with Gasteiger partial charge in [0.15, 0.2) is 29.2 Å². The maximum Gasteiger partial charge on any atom is 0.332 e. The minimum atomic E-state index is -1.13. The van der Waals surface area contributed by atoms with Gasteiger partial charge in [0.05, 0.1) is 81.8 Å². The van der Waals surface area contributed by atoms with Crippen LogP contribution in [0.1, 0.15) is 82.5 Å². The molecular formula is C61H70N6O13S. The van der Waals surface area contributed by atoms with Gasteiger partial charge in [-0.25, -0.2) is 4.79 Å². The van der Waals surface area contributed by atoms with Crippen molar-refractivity contribution in [2.45, 2.75) is 88.6 Å². The number of benzene rings is 5. The Kier molecular flexibility index (Phi) is 18.0. The van der Waals surface area contributed by atoms with E-state index in [0.717, 1.165) is 50.8 Å². The maximum absolute atomic E-state index is 14.3. The van der Waals surface area contributed by atoms with Crippen LogP contribution in [0.15, 0.2) is 96.0 Å². The van der Waals surface area contributed by atoms with Crippen LogP contribution >= 0.6 is 11.8 Å². The highest BCUT2D eigenvalue weighted by Gasteiger charge is 2.39. The number of nitrogens with zero attached hydrogens (tertiary/aromatic N) is 5. The molecule has 0 aromatic heterocycles. The van der Waals surface area contributed by atoms with Crippen LogP contribution in [0.4, 0.5) is 28.4 Å². The lowest BCUT2D eigenvalue weighted by Crippen LogP contribution is -2.39. The number of methoxy groups -OCH3 is 3. The van der Waals surface area contributed by atoms with Crippen LogP contribution in [0, 0.1) is 0 Å². The number of nitrogens with one attached hydrogen (secondary N) is 1. The van der Waals surface area contributed by atoms with Gasteiger partial charge in [-0.2, -0.15) is 11.8 Å². The number of hydroxylamine groups is 2. The molecule has 1 saturated heterocycles. The van der Waals surface area contributed by atoms with Gasteiger partial charge < -0.3 is 58.2 Å². The van der Waals surface area contributed by atoms with E-state index in [-0.39, 0.29) is 61.1 Å². The van der Waals surface area contributed by atoms with Gasteiger partial charge >= 0.3 is 5.97 Å². The molecule has 81 heavy (non-hydrogen) atoms. The number of hydrogen-bond donors (Lipinski definition) is 2. The molecule has 3 atom stereocenters. The van der Waals surface area contributed by atoms with Gasteiger partial charge in [0.25, 0.3) is 17.7 Å². The number of rotatable bonds is 26. The average molecular weight is 1130 g/mol. The molecule has 1 unspecified atom stereocenters. The van der Waals surface area contributed by atoms with E-state index in [0.29, 0.717) is 117 Å². The molecule has 3 amide bonds. The number of ether oxygens (including phenoxy) is 7. The van der Waals surface area contributed by atoms with Crippen molar-refractivity contribution in [1.82, 2.24) is 5.06 Å². The van der Waals surface area contributed by atoms with E-state index in [2.05, 4.69) is 42.3 Å². The fraction of sp³-hybridized carbons (Fsp3) is 0.426. The van der Waals surface area contributed by atoms with Crippen molar-refractivity contribution in [2.24, 2.45) is 4.99 Å². The lowest BCUT2D eigenvalue weighted by molar-refractivity contribution is -0.220. The molecule has 428 valence electrons. The topological polar surface area (TPSA) is 200 Å². The molecule has 5 aromatic carbocycles. The first-order valence-corrected chi connectivity index (χ1v) is 28.5. The smallest absolute Gasteiger partial charge is 0.332 e. The van der Waals surface area contributed by atoms with E-state index in [1.807, 2.05) is 65.7 Å². The van der Waals surface area contributed by atoms with E-state index in [1.54, 1.807) is 56.2 Å². The Balaban J connectivity index is 0.918. The number of carbonyl (C=O) groups is 4. The van der Waals surface area contributed by atoms with Crippen LogP contribution in [0.5, 0.6) is 23.0 Å². The number of aliphatic hydroxyl groups is 1. The number of aliphatic hydroxyl groups excluding tert-OH is 1. The zero-order valence-electron chi connectivity index (χ0n) is 46.5. The Hall–Kier alpha value is -7.36. The van der Waals surface area contributed by atoms with Crippen molar-refractivity contribution >= 4 is 70.1 Å². The highest BCUT2D eigenvalue weighted by atomic mass is 32.2. The van der Waals surface area contributed by atoms with Crippen LogP contribution in [-0.2, 0) is 54.7 Å². The van der Waals surface area contributed by atoms with Crippen molar-refractivity contribution in [3.8, 4) is 23.0 Å².